The SMILES string of the molecule is O=C(OCc1ccccc1)c1ccc(Cl)c(S(=O)(=O)NCC2CCCO2)c1. The van der Waals surface area contributed by atoms with Crippen LogP contribution in [0.1, 0.15) is 28.8 Å². The molecule has 0 aromatic heterocycles. The third kappa shape index (κ3) is 5.29. The zero-order chi connectivity index (χ0) is 19.3. The Hall–Kier alpha value is -1.93. The van der Waals surface area contributed by atoms with Crippen LogP contribution in [0.2, 0.25) is 5.02 Å². The fourth-order valence-corrected chi connectivity index (χ4v) is 4.32. The molecule has 144 valence electrons. The van der Waals surface area contributed by atoms with Crippen molar-refractivity contribution in [3.8, 4) is 0 Å². The van der Waals surface area contributed by atoms with Gasteiger partial charge in [0.15, 0.2) is 0 Å². The Labute approximate surface area is 163 Å². The molecule has 0 amide bonds. The summed E-state index contributed by atoms with van der Waals surface area (Å²) in [5.41, 5.74) is 0.957. The van der Waals surface area contributed by atoms with Gasteiger partial charge in [-0.25, -0.2) is 17.9 Å². The standard InChI is InChI=1S/C19H20ClNO5S/c20-17-9-8-15(19(22)26-13-14-5-2-1-3-6-14)11-18(17)27(23,24)21-12-16-7-4-10-25-16/h1-3,5-6,8-9,11,16,21H,4,7,10,12-13H2. The van der Waals surface area contributed by atoms with Crippen LogP contribution in [-0.4, -0.2) is 33.6 Å². The molecule has 1 fully saturated rings. The van der Waals surface area contributed by atoms with E-state index in [1.165, 1.54) is 18.2 Å². The average molecular weight is 410 g/mol. The van der Waals surface area contributed by atoms with Gasteiger partial charge in [-0.3, -0.25) is 0 Å². The summed E-state index contributed by atoms with van der Waals surface area (Å²) in [5, 5.41) is 0.0365. The number of nitrogens with one attached hydrogen (secondary N) is 1. The van der Waals surface area contributed by atoms with E-state index in [1.54, 1.807) is 0 Å². The van der Waals surface area contributed by atoms with E-state index >= 15 is 0 Å². The Morgan fingerprint density at radius 1 is 1.22 bits per heavy atom. The molecule has 2 aromatic rings. The number of ether oxygens (including phenoxy) is 2. The second kappa shape index (κ2) is 8.84. The summed E-state index contributed by atoms with van der Waals surface area (Å²) in [6.07, 6.45) is 1.58. The Kier molecular flexibility index (Phi) is 6.49. The predicted octanol–water partition coefficient (Wildman–Crippen LogP) is 3.15. The van der Waals surface area contributed by atoms with E-state index in [1.807, 2.05) is 30.3 Å². The molecule has 1 aliphatic rings. The monoisotopic (exact) mass is 409 g/mol. The van der Waals surface area contributed by atoms with Gasteiger partial charge >= 0.3 is 5.97 Å². The molecule has 0 spiro atoms. The zero-order valence-corrected chi connectivity index (χ0v) is 16.1. The summed E-state index contributed by atoms with van der Waals surface area (Å²) in [7, 11) is -3.87. The van der Waals surface area contributed by atoms with Gasteiger partial charge in [0.25, 0.3) is 0 Å². The highest BCUT2D eigenvalue weighted by Crippen LogP contribution is 2.23. The highest BCUT2D eigenvalue weighted by Gasteiger charge is 2.23. The molecule has 0 bridgehead atoms. The van der Waals surface area contributed by atoms with E-state index in [9.17, 15) is 13.2 Å². The van der Waals surface area contributed by atoms with Crippen LogP contribution in [0.5, 0.6) is 0 Å². The Morgan fingerprint density at radius 2 is 2.00 bits per heavy atom. The van der Waals surface area contributed by atoms with Crippen molar-refractivity contribution in [3.05, 3.63) is 64.7 Å². The molecule has 1 heterocycles. The van der Waals surface area contributed by atoms with Crippen molar-refractivity contribution in [2.45, 2.75) is 30.4 Å². The van der Waals surface area contributed by atoms with E-state index in [2.05, 4.69) is 4.72 Å². The Balaban J connectivity index is 1.69. The van der Waals surface area contributed by atoms with Gasteiger partial charge in [0, 0.05) is 13.2 Å². The maximum Gasteiger partial charge on any atom is 0.338 e. The summed E-state index contributed by atoms with van der Waals surface area (Å²) in [5.74, 6) is -0.619. The largest absolute Gasteiger partial charge is 0.457 e. The van der Waals surface area contributed by atoms with Gasteiger partial charge < -0.3 is 9.47 Å². The third-order valence-corrected chi connectivity index (χ3v) is 6.10. The lowest BCUT2D eigenvalue weighted by Gasteiger charge is -2.13. The average Bonchev–Trinajstić information content (AvgIpc) is 3.19. The molecule has 2 aromatic carbocycles. The lowest BCUT2D eigenvalue weighted by Crippen LogP contribution is -2.32. The van der Waals surface area contributed by atoms with Crippen LogP contribution in [0.15, 0.2) is 53.4 Å². The third-order valence-electron chi connectivity index (χ3n) is 4.19. The van der Waals surface area contributed by atoms with Crippen molar-refractivity contribution in [2.75, 3.05) is 13.2 Å². The number of esters is 1. The quantitative estimate of drug-likeness (QED) is 0.710. The van der Waals surface area contributed by atoms with E-state index in [-0.39, 0.29) is 34.7 Å². The fraction of sp³-hybridized carbons (Fsp3) is 0.316. The number of sulfonamides is 1. The van der Waals surface area contributed by atoms with Crippen LogP contribution in [0.4, 0.5) is 0 Å². The van der Waals surface area contributed by atoms with Crippen molar-refractivity contribution in [2.24, 2.45) is 0 Å². The van der Waals surface area contributed by atoms with Crippen LogP contribution in [0.3, 0.4) is 0 Å². The molecule has 1 N–H and O–H groups in total. The molecule has 1 unspecified atom stereocenters. The van der Waals surface area contributed by atoms with Crippen LogP contribution < -0.4 is 4.72 Å². The second-order valence-electron chi connectivity index (χ2n) is 6.19. The predicted molar refractivity (Wildman–Crippen MR) is 101 cm³/mol. The van der Waals surface area contributed by atoms with Crippen LogP contribution >= 0.6 is 11.6 Å². The van der Waals surface area contributed by atoms with Crippen molar-refractivity contribution in [1.29, 1.82) is 0 Å². The number of carbonyl (C=O) groups excluding carboxylic acids is 1. The fourth-order valence-electron chi connectivity index (χ4n) is 2.73. The van der Waals surface area contributed by atoms with Crippen molar-refractivity contribution < 1.29 is 22.7 Å². The number of benzene rings is 2. The molecule has 1 atom stereocenters. The summed E-state index contributed by atoms with van der Waals surface area (Å²) in [4.78, 5) is 12.1. The van der Waals surface area contributed by atoms with Gasteiger partial charge in [-0.1, -0.05) is 41.9 Å². The minimum absolute atomic E-state index is 0.0365. The first kappa shape index (κ1) is 19.8. The molecule has 3 rings (SSSR count). The highest BCUT2D eigenvalue weighted by molar-refractivity contribution is 7.89. The molecule has 1 aliphatic heterocycles. The molecule has 1 saturated heterocycles. The lowest BCUT2D eigenvalue weighted by molar-refractivity contribution is 0.0472. The van der Waals surface area contributed by atoms with Crippen LogP contribution in [0.25, 0.3) is 0 Å². The zero-order valence-electron chi connectivity index (χ0n) is 14.6. The maximum absolute atomic E-state index is 12.6. The summed E-state index contributed by atoms with van der Waals surface area (Å²) in [6, 6.07) is 13.3. The molecular formula is C19H20ClNO5S. The summed E-state index contributed by atoms with van der Waals surface area (Å²) >= 11 is 6.05. The van der Waals surface area contributed by atoms with E-state index in [4.69, 9.17) is 21.1 Å². The normalized spacial score (nSPS) is 17.0. The molecule has 0 aliphatic carbocycles. The number of carbonyl (C=O) groups is 1. The van der Waals surface area contributed by atoms with Crippen LogP contribution in [0, 0.1) is 0 Å². The summed E-state index contributed by atoms with van der Waals surface area (Å²) < 4.78 is 38.3. The first-order valence-corrected chi connectivity index (χ1v) is 10.4. The highest BCUT2D eigenvalue weighted by atomic mass is 35.5. The van der Waals surface area contributed by atoms with Crippen molar-refractivity contribution >= 4 is 27.6 Å². The number of hydrogen-bond donors (Lipinski definition) is 1. The maximum atomic E-state index is 12.6. The summed E-state index contributed by atoms with van der Waals surface area (Å²) in [6.45, 7) is 0.902. The van der Waals surface area contributed by atoms with Gasteiger partial charge in [0.1, 0.15) is 11.5 Å². The van der Waals surface area contributed by atoms with E-state index in [0.717, 1.165) is 18.4 Å². The first-order chi connectivity index (χ1) is 13.0. The van der Waals surface area contributed by atoms with Gasteiger partial charge in [-0.2, -0.15) is 0 Å². The van der Waals surface area contributed by atoms with Crippen molar-refractivity contribution in [1.82, 2.24) is 4.72 Å². The molecule has 0 radical (unpaired) electrons. The Bertz CT molecular complexity index is 896. The number of rotatable bonds is 7. The molecule has 8 heteroatoms. The topological polar surface area (TPSA) is 81.7 Å². The Morgan fingerprint density at radius 3 is 2.70 bits per heavy atom. The van der Waals surface area contributed by atoms with E-state index < -0.39 is 16.0 Å². The van der Waals surface area contributed by atoms with Crippen LogP contribution in [-0.2, 0) is 26.1 Å². The lowest BCUT2D eigenvalue weighted by atomic mass is 10.2. The molecule has 27 heavy (non-hydrogen) atoms. The van der Waals surface area contributed by atoms with Gasteiger partial charge in [-0.15, -0.1) is 0 Å². The molecule has 0 saturated carbocycles. The van der Waals surface area contributed by atoms with Gasteiger partial charge in [0.05, 0.1) is 16.7 Å². The van der Waals surface area contributed by atoms with Crippen molar-refractivity contribution in [3.63, 3.8) is 0 Å². The molecule has 6 nitrogen and oxygen atoms in total. The van der Waals surface area contributed by atoms with Gasteiger partial charge in [-0.05, 0) is 36.6 Å². The smallest absolute Gasteiger partial charge is 0.338 e. The minimum atomic E-state index is -3.87. The number of halogens is 1. The molecular weight excluding hydrogens is 390 g/mol. The first-order valence-electron chi connectivity index (χ1n) is 8.57. The minimum Gasteiger partial charge on any atom is -0.457 e. The van der Waals surface area contributed by atoms with E-state index in [0.29, 0.717) is 6.61 Å². The van der Waals surface area contributed by atoms with Gasteiger partial charge in [0.2, 0.25) is 10.0 Å². The second-order valence-corrected chi connectivity index (χ2v) is 8.34. The number of hydrogen-bond acceptors (Lipinski definition) is 5.